The van der Waals surface area contributed by atoms with E-state index in [0.717, 1.165) is 29.3 Å². The van der Waals surface area contributed by atoms with E-state index in [-0.39, 0.29) is 24.3 Å². The van der Waals surface area contributed by atoms with Crippen molar-refractivity contribution < 1.29 is 4.39 Å². The van der Waals surface area contributed by atoms with E-state index in [2.05, 4.69) is 15.9 Å². The maximum Gasteiger partial charge on any atom is 0.123 e. The molecular formula is C11H17BrClFN2. The lowest BCUT2D eigenvalue weighted by Crippen LogP contribution is -2.12. The third-order valence-electron chi connectivity index (χ3n) is 2.33. The molecule has 2 nitrogen and oxygen atoms in total. The Morgan fingerprint density at radius 3 is 2.62 bits per heavy atom. The summed E-state index contributed by atoms with van der Waals surface area (Å²) in [5, 5.41) is 0. The van der Waals surface area contributed by atoms with Gasteiger partial charge in [-0.05, 0) is 43.1 Å². The van der Waals surface area contributed by atoms with Crippen molar-refractivity contribution >= 4 is 28.3 Å². The van der Waals surface area contributed by atoms with Gasteiger partial charge in [0.1, 0.15) is 5.82 Å². The van der Waals surface area contributed by atoms with Gasteiger partial charge in [-0.3, -0.25) is 0 Å². The highest BCUT2D eigenvalue weighted by atomic mass is 79.9. The average molecular weight is 312 g/mol. The Bertz CT molecular complexity index is 323. The summed E-state index contributed by atoms with van der Waals surface area (Å²) in [6.45, 7) is 0.678. The second kappa shape index (κ2) is 8.01. The zero-order valence-corrected chi connectivity index (χ0v) is 11.4. The van der Waals surface area contributed by atoms with Crippen molar-refractivity contribution in [1.82, 2.24) is 0 Å². The molecule has 0 aromatic heterocycles. The largest absolute Gasteiger partial charge is 0.330 e. The predicted molar refractivity (Wildman–Crippen MR) is 71.2 cm³/mol. The highest BCUT2D eigenvalue weighted by Crippen LogP contribution is 2.25. The molecule has 0 radical (unpaired) electrons. The average Bonchev–Trinajstić information content (AvgIpc) is 2.22. The van der Waals surface area contributed by atoms with Crippen LogP contribution in [0.4, 0.5) is 4.39 Å². The van der Waals surface area contributed by atoms with Gasteiger partial charge in [-0.2, -0.15) is 0 Å². The minimum Gasteiger partial charge on any atom is -0.330 e. The molecule has 92 valence electrons. The monoisotopic (exact) mass is 310 g/mol. The Labute approximate surface area is 110 Å². The van der Waals surface area contributed by atoms with Crippen molar-refractivity contribution in [2.75, 3.05) is 6.54 Å². The van der Waals surface area contributed by atoms with E-state index in [1.807, 2.05) is 0 Å². The third kappa shape index (κ3) is 4.78. The van der Waals surface area contributed by atoms with Gasteiger partial charge in [-0.1, -0.05) is 22.4 Å². The fraction of sp³-hybridized carbons (Fsp3) is 0.455. The van der Waals surface area contributed by atoms with Crippen molar-refractivity contribution in [3.05, 3.63) is 34.1 Å². The predicted octanol–water partition coefficient (Wildman–Crippen LogP) is 3.14. The molecule has 0 aliphatic heterocycles. The second-order valence-electron chi connectivity index (χ2n) is 3.56. The first-order valence-corrected chi connectivity index (χ1v) is 5.85. The molecule has 0 aliphatic carbocycles. The van der Waals surface area contributed by atoms with Crippen LogP contribution in [0.2, 0.25) is 0 Å². The molecule has 1 aromatic carbocycles. The van der Waals surface area contributed by atoms with Crippen LogP contribution >= 0.6 is 28.3 Å². The molecule has 1 rings (SSSR count). The minimum absolute atomic E-state index is 0. The van der Waals surface area contributed by atoms with Crippen LogP contribution < -0.4 is 11.5 Å². The molecule has 4 N–H and O–H groups in total. The van der Waals surface area contributed by atoms with Gasteiger partial charge in [0.15, 0.2) is 0 Å². The summed E-state index contributed by atoms with van der Waals surface area (Å²) in [7, 11) is 0. The first-order valence-electron chi connectivity index (χ1n) is 5.05. The molecule has 16 heavy (non-hydrogen) atoms. The Kier molecular flexibility index (Phi) is 7.93. The number of benzene rings is 1. The van der Waals surface area contributed by atoms with Crippen LogP contribution in [0.3, 0.4) is 0 Å². The quantitative estimate of drug-likeness (QED) is 0.821. The van der Waals surface area contributed by atoms with E-state index < -0.39 is 0 Å². The Hall–Kier alpha value is -0.160. The SMILES string of the molecule is Cl.NCCCC[C@@H](N)c1cc(F)ccc1Br. The first-order chi connectivity index (χ1) is 7.15. The number of rotatable bonds is 5. The van der Waals surface area contributed by atoms with Crippen molar-refractivity contribution in [3.63, 3.8) is 0 Å². The molecule has 0 unspecified atom stereocenters. The Morgan fingerprint density at radius 1 is 1.31 bits per heavy atom. The number of hydrogen-bond donors (Lipinski definition) is 2. The van der Waals surface area contributed by atoms with Gasteiger partial charge in [-0.15, -0.1) is 12.4 Å². The Morgan fingerprint density at radius 2 is 2.00 bits per heavy atom. The first kappa shape index (κ1) is 15.8. The van der Waals surface area contributed by atoms with Gasteiger partial charge in [0, 0.05) is 10.5 Å². The third-order valence-corrected chi connectivity index (χ3v) is 3.05. The number of hydrogen-bond acceptors (Lipinski definition) is 2. The summed E-state index contributed by atoms with van der Waals surface area (Å²) in [6, 6.07) is 4.46. The number of nitrogens with two attached hydrogens (primary N) is 2. The van der Waals surface area contributed by atoms with Crippen molar-refractivity contribution in [3.8, 4) is 0 Å². The van der Waals surface area contributed by atoms with Gasteiger partial charge >= 0.3 is 0 Å². The van der Waals surface area contributed by atoms with Gasteiger partial charge in [0.05, 0.1) is 0 Å². The van der Waals surface area contributed by atoms with Crippen LogP contribution in [0.25, 0.3) is 0 Å². The maximum atomic E-state index is 13.0. The lowest BCUT2D eigenvalue weighted by Gasteiger charge is -2.13. The van der Waals surface area contributed by atoms with Crippen LogP contribution in [0, 0.1) is 5.82 Å². The summed E-state index contributed by atoms with van der Waals surface area (Å²) >= 11 is 3.37. The molecule has 1 aromatic rings. The van der Waals surface area contributed by atoms with Crippen LogP contribution in [0.15, 0.2) is 22.7 Å². The van der Waals surface area contributed by atoms with Crippen LogP contribution in [-0.4, -0.2) is 6.54 Å². The maximum absolute atomic E-state index is 13.0. The van der Waals surface area contributed by atoms with Crippen LogP contribution in [0.5, 0.6) is 0 Å². The highest BCUT2D eigenvalue weighted by molar-refractivity contribution is 9.10. The minimum atomic E-state index is -0.248. The van der Waals surface area contributed by atoms with E-state index in [4.69, 9.17) is 11.5 Å². The topological polar surface area (TPSA) is 52.0 Å². The molecule has 0 spiro atoms. The van der Waals surface area contributed by atoms with E-state index in [1.165, 1.54) is 12.1 Å². The molecule has 1 atom stereocenters. The molecule has 0 saturated carbocycles. The van der Waals surface area contributed by atoms with Gasteiger partial charge < -0.3 is 11.5 Å². The lowest BCUT2D eigenvalue weighted by atomic mass is 10.0. The summed E-state index contributed by atoms with van der Waals surface area (Å²) in [5.41, 5.74) is 12.2. The summed E-state index contributed by atoms with van der Waals surface area (Å²) < 4.78 is 13.9. The summed E-state index contributed by atoms with van der Waals surface area (Å²) in [6.07, 6.45) is 2.76. The molecule has 0 amide bonds. The molecular weight excluding hydrogens is 294 g/mol. The molecule has 0 heterocycles. The van der Waals surface area contributed by atoms with Crippen LogP contribution in [0.1, 0.15) is 30.9 Å². The van der Waals surface area contributed by atoms with E-state index in [1.54, 1.807) is 6.07 Å². The number of unbranched alkanes of at least 4 members (excludes halogenated alkanes) is 1. The van der Waals surface area contributed by atoms with Gasteiger partial charge in [-0.25, -0.2) is 4.39 Å². The normalized spacial score (nSPS) is 12.0. The van der Waals surface area contributed by atoms with Crippen molar-refractivity contribution in [2.45, 2.75) is 25.3 Å². The molecule has 5 heteroatoms. The zero-order chi connectivity index (χ0) is 11.3. The second-order valence-corrected chi connectivity index (χ2v) is 4.41. The van der Waals surface area contributed by atoms with Gasteiger partial charge in [0.2, 0.25) is 0 Å². The fourth-order valence-corrected chi connectivity index (χ4v) is 2.00. The molecule has 0 fully saturated rings. The van der Waals surface area contributed by atoms with Crippen molar-refractivity contribution in [1.29, 1.82) is 0 Å². The molecule has 0 aliphatic rings. The number of halogens is 3. The smallest absolute Gasteiger partial charge is 0.123 e. The van der Waals surface area contributed by atoms with Crippen molar-refractivity contribution in [2.24, 2.45) is 11.5 Å². The van der Waals surface area contributed by atoms with Crippen LogP contribution in [-0.2, 0) is 0 Å². The zero-order valence-electron chi connectivity index (χ0n) is 8.96. The molecule has 0 saturated heterocycles. The van der Waals surface area contributed by atoms with E-state index >= 15 is 0 Å². The fourth-order valence-electron chi connectivity index (χ4n) is 1.46. The Balaban J connectivity index is 0.00000225. The van der Waals surface area contributed by atoms with E-state index in [0.29, 0.717) is 6.54 Å². The molecule has 0 bridgehead atoms. The summed E-state index contributed by atoms with van der Waals surface area (Å²) in [5.74, 6) is -0.248. The highest BCUT2D eigenvalue weighted by Gasteiger charge is 2.10. The standard InChI is InChI=1S/C11H16BrFN2.ClH/c12-10-5-4-8(13)7-9(10)11(15)3-1-2-6-14;/h4-5,7,11H,1-3,6,14-15H2;1H/t11-;/m1./s1. The summed E-state index contributed by atoms with van der Waals surface area (Å²) in [4.78, 5) is 0. The van der Waals surface area contributed by atoms with Gasteiger partial charge in [0.25, 0.3) is 0 Å². The lowest BCUT2D eigenvalue weighted by molar-refractivity contribution is 0.578. The van der Waals surface area contributed by atoms with E-state index in [9.17, 15) is 4.39 Å².